The molecule has 6 nitrogen and oxygen atoms in total. The van der Waals surface area contributed by atoms with Gasteiger partial charge in [0, 0.05) is 20.2 Å². The van der Waals surface area contributed by atoms with E-state index < -0.39 is 0 Å². The SMILES string of the molecule is CCNC(=NCc1ccc(Oc2ccccc2OC)cc1)NCCOC.I. The van der Waals surface area contributed by atoms with Crippen LogP contribution in [-0.2, 0) is 11.3 Å². The largest absolute Gasteiger partial charge is 0.493 e. The van der Waals surface area contributed by atoms with Crippen molar-refractivity contribution in [2.75, 3.05) is 33.9 Å². The highest BCUT2D eigenvalue weighted by atomic mass is 127. The summed E-state index contributed by atoms with van der Waals surface area (Å²) in [7, 11) is 3.31. The van der Waals surface area contributed by atoms with Gasteiger partial charge in [0.15, 0.2) is 17.5 Å². The molecule has 0 saturated heterocycles. The molecule has 0 spiro atoms. The Morgan fingerprint density at radius 3 is 2.30 bits per heavy atom. The Morgan fingerprint density at radius 1 is 0.963 bits per heavy atom. The molecule has 0 radical (unpaired) electrons. The molecule has 27 heavy (non-hydrogen) atoms. The van der Waals surface area contributed by atoms with E-state index in [4.69, 9.17) is 14.2 Å². The topological polar surface area (TPSA) is 64.1 Å². The normalized spacial score (nSPS) is 10.7. The molecule has 0 aliphatic heterocycles. The van der Waals surface area contributed by atoms with Crippen LogP contribution in [0, 0.1) is 0 Å². The summed E-state index contributed by atoms with van der Waals surface area (Å²) >= 11 is 0. The maximum atomic E-state index is 5.89. The van der Waals surface area contributed by atoms with E-state index >= 15 is 0 Å². The lowest BCUT2D eigenvalue weighted by molar-refractivity contribution is 0.203. The van der Waals surface area contributed by atoms with E-state index in [1.54, 1.807) is 14.2 Å². The second kappa shape index (κ2) is 13.2. The van der Waals surface area contributed by atoms with E-state index in [0.29, 0.717) is 31.2 Å². The number of guanidine groups is 1. The highest BCUT2D eigenvalue weighted by molar-refractivity contribution is 14.0. The fourth-order valence-electron chi connectivity index (χ4n) is 2.28. The number of rotatable bonds is 9. The Morgan fingerprint density at radius 2 is 1.67 bits per heavy atom. The zero-order valence-corrected chi connectivity index (χ0v) is 18.4. The Kier molecular flexibility index (Phi) is 11.3. The molecule has 0 aliphatic rings. The summed E-state index contributed by atoms with van der Waals surface area (Å²) < 4.78 is 16.2. The maximum absolute atomic E-state index is 5.89. The minimum Gasteiger partial charge on any atom is -0.493 e. The van der Waals surface area contributed by atoms with E-state index in [1.165, 1.54) is 0 Å². The van der Waals surface area contributed by atoms with Crippen molar-refractivity contribution in [3.8, 4) is 17.2 Å². The molecule has 2 rings (SSSR count). The summed E-state index contributed by atoms with van der Waals surface area (Å²) in [5.74, 6) is 2.93. The van der Waals surface area contributed by atoms with E-state index in [0.717, 1.165) is 23.8 Å². The van der Waals surface area contributed by atoms with Gasteiger partial charge in [0.2, 0.25) is 0 Å². The first-order valence-electron chi connectivity index (χ1n) is 8.67. The lowest BCUT2D eigenvalue weighted by Gasteiger charge is -2.11. The zero-order valence-electron chi connectivity index (χ0n) is 16.0. The zero-order chi connectivity index (χ0) is 18.6. The van der Waals surface area contributed by atoms with Crippen molar-refractivity contribution in [2.45, 2.75) is 13.5 Å². The number of halogens is 1. The fraction of sp³-hybridized carbons (Fsp3) is 0.350. The average Bonchev–Trinajstić information content (AvgIpc) is 2.68. The standard InChI is InChI=1S/C20H27N3O3.HI/c1-4-21-20(22-13-14-24-2)23-15-16-9-11-17(12-10-16)26-19-8-6-5-7-18(19)25-3;/h5-12H,4,13-15H2,1-3H3,(H2,21,22,23);1H. The van der Waals surface area contributed by atoms with Crippen LogP contribution < -0.4 is 20.1 Å². The molecule has 148 valence electrons. The number of methoxy groups -OCH3 is 2. The number of para-hydroxylation sites is 2. The Labute approximate surface area is 178 Å². The van der Waals surface area contributed by atoms with Gasteiger partial charge in [-0.25, -0.2) is 4.99 Å². The monoisotopic (exact) mass is 485 g/mol. The van der Waals surface area contributed by atoms with E-state index in [2.05, 4.69) is 15.6 Å². The smallest absolute Gasteiger partial charge is 0.191 e. The summed E-state index contributed by atoms with van der Waals surface area (Å²) in [4.78, 5) is 4.57. The molecule has 0 aromatic heterocycles. The molecule has 0 unspecified atom stereocenters. The van der Waals surface area contributed by atoms with Gasteiger partial charge in [0.05, 0.1) is 20.3 Å². The van der Waals surface area contributed by atoms with Gasteiger partial charge >= 0.3 is 0 Å². The van der Waals surface area contributed by atoms with E-state index in [9.17, 15) is 0 Å². The quantitative estimate of drug-likeness (QED) is 0.245. The number of aliphatic imine (C=N–C) groups is 1. The number of benzene rings is 2. The van der Waals surface area contributed by atoms with Crippen LogP contribution in [0.1, 0.15) is 12.5 Å². The highest BCUT2D eigenvalue weighted by Gasteiger charge is 2.04. The van der Waals surface area contributed by atoms with Crippen molar-refractivity contribution in [1.82, 2.24) is 10.6 Å². The molecule has 0 heterocycles. The van der Waals surface area contributed by atoms with Crippen LogP contribution in [0.2, 0.25) is 0 Å². The first kappa shape index (κ1) is 23.0. The molecule has 0 bridgehead atoms. The fourth-order valence-corrected chi connectivity index (χ4v) is 2.28. The molecule has 0 atom stereocenters. The number of hydrogen-bond acceptors (Lipinski definition) is 4. The number of ether oxygens (including phenoxy) is 3. The van der Waals surface area contributed by atoms with Crippen LogP contribution in [-0.4, -0.2) is 39.9 Å². The van der Waals surface area contributed by atoms with Crippen LogP contribution in [0.4, 0.5) is 0 Å². The number of nitrogens with zero attached hydrogens (tertiary/aromatic N) is 1. The van der Waals surface area contributed by atoms with E-state index in [-0.39, 0.29) is 24.0 Å². The summed E-state index contributed by atoms with van der Waals surface area (Å²) in [6.45, 7) is 4.78. The van der Waals surface area contributed by atoms with Crippen molar-refractivity contribution in [2.24, 2.45) is 4.99 Å². The van der Waals surface area contributed by atoms with Crippen LogP contribution >= 0.6 is 24.0 Å². The van der Waals surface area contributed by atoms with Crippen molar-refractivity contribution in [1.29, 1.82) is 0 Å². The van der Waals surface area contributed by atoms with Crippen LogP contribution in [0.3, 0.4) is 0 Å². The third kappa shape index (κ3) is 8.04. The van der Waals surface area contributed by atoms with Crippen molar-refractivity contribution in [3.63, 3.8) is 0 Å². The van der Waals surface area contributed by atoms with Gasteiger partial charge in [0.1, 0.15) is 5.75 Å². The second-order valence-electron chi connectivity index (χ2n) is 5.51. The summed E-state index contributed by atoms with van der Waals surface area (Å²) in [5, 5.41) is 6.44. The number of hydrogen-bond donors (Lipinski definition) is 2. The maximum Gasteiger partial charge on any atom is 0.191 e. The third-order valence-corrected chi connectivity index (χ3v) is 3.58. The molecular formula is C20H28IN3O3. The molecule has 0 amide bonds. The van der Waals surface area contributed by atoms with Gasteiger partial charge in [-0.1, -0.05) is 24.3 Å². The van der Waals surface area contributed by atoms with Gasteiger partial charge in [-0.05, 0) is 36.8 Å². The molecular weight excluding hydrogens is 457 g/mol. The number of nitrogens with one attached hydrogen (secondary N) is 2. The van der Waals surface area contributed by atoms with Gasteiger partial charge in [-0.15, -0.1) is 24.0 Å². The second-order valence-corrected chi connectivity index (χ2v) is 5.51. The molecule has 0 aliphatic carbocycles. The minimum absolute atomic E-state index is 0. The third-order valence-electron chi connectivity index (χ3n) is 3.58. The minimum atomic E-state index is 0. The van der Waals surface area contributed by atoms with Gasteiger partial charge < -0.3 is 24.8 Å². The van der Waals surface area contributed by atoms with Gasteiger partial charge in [-0.3, -0.25) is 0 Å². The lowest BCUT2D eigenvalue weighted by Crippen LogP contribution is -2.38. The Hall–Kier alpha value is -2.00. The Balaban J connectivity index is 0.00000364. The van der Waals surface area contributed by atoms with E-state index in [1.807, 2.05) is 55.5 Å². The lowest BCUT2D eigenvalue weighted by atomic mass is 10.2. The van der Waals surface area contributed by atoms with Crippen LogP contribution in [0.5, 0.6) is 17.2 Å². The average molecular weight is 485 g/mol. The molecule has 2 aromatic carbocycles. The molecule has 2 aromatic rings. The summed E-state index contributed by atoms with van der Waals surface area (Å²) in [6.07, 6.45) is 0. The van der Waals surface area contributed by atoms with Crippen LogP contribution in [0.15, 0.2) is 53.5 Å². The van der Waals surface area contributed by atoms with Gasteiger partial charge in [-0.2, -0.15) is 0 Å². The first-order valence-corrected chi connectivity index (χ1v) is 8.67. The van der Waals surface area contributed by atoms with Gasteiger partial charge in [0.25, 0.3) is 0 Å². The van der Waals surface area contributed by atoms with Crippen molar-refractivity contribution < 1.29 is 14.2 Å². The summed E-state index contributed by atoms with van der Waals surface area (Å²) in [5.41, 5.74) is 1.10. The predicted octanol–water partition coefficient (Wildman–Crippen LogP) is 3.81. The Bertz CT molecular complexity index is 693. The molecule has 2 N–H and O–H groups in total. The molecule has 7 heteroatoms. The first-order chi connectivity index (χ1) is 12.8. The van der Waals surface area contributed by atoms with Crippen molar-refractivity contribution in [3.05, 3.63) is 54.1 Å². The predicted molar refractivity (Wildman–Crippen MR) is 120 cm³/mol. The highest BCUT2D eigenvalue weighted by Crippen LogP contribution is 2.30. The summed E-state index contributed by atoms with van der Waals surface area (Å²) in [6, 6.07) is 15.5. The molecule has 0 fully saturated rings. The van der Waals surface area contributed by atoms with Crippen molar-refractivity contribution >= 4 is 29.9 Å². The molecule has 0 saturated carbocycles. The van der Waals surface area contributed by atoms with Crippen LogP contribution in [0.25, 0.3) is 0 Å².